The second kappa shape index (κ2) is 4.29. The molecule has 78 valence electrons. The van der Waals surface area contributed by atoms with E-state index >= 15 is 0 Å². The van der Waals surface area contributed by atoms with Gasteiger partial charge in [0.2, 0.25) is 0 Å². The summed E-state index contributed by atoms with van der Waals surface area (Å²) in [6.07, 6.45) is 0.697. The Morgan fingerprint density at radius 3 is 3.13 bits per heavy atom. The first-order valence-corrected chi connectivity index (χ1v) is 4.79. The van der Waals surface area contributed by atoms with Crippen LogP contribution in [-0.2, 0) is 13.0 Å². The van der Waals surface area contributed by atoms with E-state index < -0.39 is 0 Å². The van der Waals surface area contributed by atoms with Crippen LogP contribution in [0.5, 0.6) is 0 Å². The molecule has 1 aromatic carbocycles. The van der Waals surface area contributed by atoms with Crippen molar-refractivity contribution in [3.8, 4) is 0 Å². The van der Waals surface area contributed by atoms with Gasteiger partial charge >= 0.3 is 0 Å². The van der Waals surface area contributed by atoms with Gasteiger partial charge in [0.25, 0.3) is 0 Å². The molecule has 4 nitrogen and oxygen atoms in total. The SMILES string of the molecule is [N-]=[N+]=Nc1ccc2c(c1)CN[C@H](CF)C2. The zero-order valence-electron chi connectivity index (χ0n) is 8.15. The van der Waals surface area contributed by atoms with E-state index in [1.807, 2.05) is 12.1 Å². The van der Waals surface area contributed by atoms with Crippen LogP contribution in [0.4, 0.5) is 10.1 Å². The van der Waals surface area contributed by atoms with Gasteiger partial charge in [-0.1, -0.05) is 17.2 Å². The lowest BCUT2D eigenvalue weighted by molar-refractivity contribution is 0.359. The molecule has 0 amide bonds. The van der Waals surface area contributed by atoms with Crippen LogP contribution >= 0.6 is 0 Å². The molecule has 0 saturated carbocycles. The number of azide groups is 1. The Balaban J connectivity index is 2.28. The molecule has 5 heteroatoms. The van der Waals surface area contributed by atoms with Crippen LogP contribution < -0.4 is 5.32 Å². The van der Waals surface area contributed by atoms with Gasteiger partial charge in [0, 0.05) is 23.2 Å². The first-order valence-electron chi connectivity index (χ1n) is 4.79. The second-order valence-electron chi connectivity index (χ2n) is 3.58. The lowest BCUT2D eigenvalue weighted by Gasteiger charge is -2.24. The Hall–Kier alpha value is -1.58. The van der Waals surface area contributed by atoms with Crippen LogP contribution in [0.3, 0.4) is 0 Å². The van der Waals surface area contributed by atoms with E-state index in [9.17, 15) is 4.39 Å². The van der Waals surface area contributed by atoms with Crippen LogP contribution in [0.1, 0.15) is 11.1 Å². The monoisotopic (exact) mass is 206 g/mol. The summed E-state index contributed by atoms with van der Waals surface area (Å²) in [6.45, 7) is 0.288. The highest BCUT2D eigenvalue weighted by Crippen LogP contribution is 2.22. The first-order chi connectivity index (χ1) is 7.33. The third-order valence-electron chi connectivity index (χ3n) is 2.58. The predicted molar refractivity (Wildman–Crippen MR) is 55.6 cm³/mol. The molecule has 1 aromatic rings. The maximum absolute atomic E-state index is 12.4. The Morgan fingerprint density at radius 2 is 2.40 bits per heavy atom. The van der Waals surface area contributed by atoms with Crippen molar-refractivity contribution >= 4 is 5.69 Å². The molecule has 1 aliphatic rings. The Morgan fingerprint density at radius 1 is 1.53 bits per heavy atom. The number of benzene rings is 1. The van der Waals surface area contributed by atoms with Crippen molar-refractivity contribution < 1.29 is 4.39 Å². The van der Waals surface area contributed by atoms with E-state index in [1.54, 1.807) is 6.07 Å². The molecule has 0 saturated heterocycles. The van der Waals surface area contributed by atoms with E-state index in [0.29, 0.717) is 18.7 Å². The van der Waals surface area contributed by atoms with Gasteiger partial charge in [-0.2, -0.15) is 0 Å². The van der Waals surface area contributed by atoms with Crippen molar-refractivity contribution in [1.82, 2.24) is 5.32 Å². The molecule has 1 heterocycles. The summed E-state index contributed by atoms with van der Waals surface area (Å²) < 4.78 is 12.4. The van der Waals surface area contributed by atoms with E-state index in [4.69, 9.17) is 5.53 Å². The van der Waals surface area contributed by atoms with E-state index in [0.717, 1.165) is 11.1 Å². The van der Waals surface area contributed by atoms with E-state index in [2.05, 4.69) is 15.3 Å². The lowest BCUT2D eigenvalue weighted by atomic mass is 9.96. The van der Waals surface area contributed by atoms with Crippen molar-refractivity contribution in [2.24, 2.45) is 5.11 Å². The molecular weight excluding hydrogens is 195 g/mol. The molecule has 2 rings (SSSR count). The minimum Gasteiger partial charge on any atom is -0.307 e. The highest BCUT2D eigenvalue weighted by atomic mass is 19.1. The fourth-order valence-electron chi connectivity index (χ4n) is 1.79. The first kappa shape index (κ1) is 9.96. The summed E-state index contributed by atoms with van der Waals surface area (Å²) in [5.41, 5.74) is 11.1. The average Bonchev–Trinajstić information content (AvgIpc) is 2.29. The van der Waals surface area contributed by atoms with Gasteiger partial charge in [-0.3, -0.25) is 0 Å². The smallest absolute Gasteiger partial charge is 0.105 e. The minimum absolute atomic E-state index is 0.0807. The normalized spacial score (nSPS) is 19.1. The molecule has 0 aliphatic carbocycles. The molecule has 0 fully saturated rings. The number of rotatable bonds is 2. The molecule has 1 aliphatic heterocycles. The molecule has 0 aromatic heterocycles. The lowest BCUT2D eigenvalue weighted by Crippen LogP contribution is -2.36. The topological polar surface area (TPSA) is 60.8 Å². The van der Waals surface area contributed by atoms with E-state index in [1.165, 1.54) is 0 Å². The average molecular weight is 206 g/mol. The molecule has 1 atom stereocenters. The molecule has 0 bridgehead atoms. The van der Waals surface area contributed by atoms with Crippen LogP contribution in [0.15, 0.2) is 23.3 Å². The highest BCUT2D eigenvalue weighted by Gasteiger charge is 2.17. The second-order valence-corrected chi connectivity index (χ2v) is 3.58. The quantitative estimate of drug-likeness (QED) is 0.451. The summed E-state index contributed by atoms with van der Waals surface area (Å²) in [7, 11) is 0. The Bertz CT molecular complexity index is 412. The van der Waals surface area contributed by atoms with E-state index in [-0.39, 0.29) is 12.7 Å². The highest BCUT2D eigenvalue weighted by molar-refractivity contribution is 5.45. The van der Waals surface area contributed by atoms with Gasteiger partial charge in [0.05, 0.1) is 0 Å². The third-order valence-corrected chi connectivity index (χ3v) is 2.58. The fraction of sp³-hybridized carbons (Fsp3) is 0.400. The standard InChI is InChI=1S/C10H11FN4/c11-5-10-3-7-1-2-9(14-15-12)4-8(7)6-13-10/h1-2,4,10,13H,3,5-6H2/t10-/m0/s1. The Labute approximate surface area is 86.7 Å². The van der Waals surface area contributed by atoms with Gasteiger partial charge < -0.3 is 5.32 Å². The summed E-state index contributed by atoms with van der Waals surface area (Å²) in [6, 6.07) is 5.43. The largest absolute Gasteiger partial charge is 0.307 e. The number of hydrogen-bond donors (Lipinski definition) is 1. The molecular formula is C10H11FN4. The summed E-state index contributed by atoms with van der Waals surface area (Å²) in [4.78, 5) is 2.73. The van der Waals surface area contributed by atoms with Crippen molar-refractivity contribution in [3.05, 3.63) is 39.8 Å². The summed E-state index contributed by atoms with van der Waals surface area (Å²) in [5, 5.41) is 6.62. The number of fused-ring (bicyclic) bond motifs is 1. The number of hydrogen-bond acceptors (Lipinski definition) is 2. The number of alkyl halides is 1. The minimum atomic E-state index is -0.350. The van der Waals surface area contributed by atoms with Gasteiger partial charge in [0.15, 0.2) is 0 Å². The van der Waals surface area contributed by atoms with Crippen LogP contribution in [0.25, 0.3) is 10.4 Å². The number of nitrogens with one attached hydrogen (secondary N) is 1. The zero-order valence-corrected chi connectivity index (χ0v) is 8.15. The van der Waals surface area contributed by atoms with Crippen molar-refractivity contribution in [2.45, 2.75) is 19.0 Å². The van der Waals surface area contributed by atoms with Crippen molar-refractivity contribution in [2.75, 3.05) is 6.67 Å². The van der Waals surface area contributed by atoms with Crippen LogP contribution in [0.2, 0.25) is 0 Å². The van der Waals surface area contributed by atoms with Gasteiger partial charge in [-0.25, -0.2) is 4.39 Å². The maximum Gasteiger partial charge on any atom is 0.105 e. The predicted octanol–water partition coefficient (Wildman–Crippen LogP) is 2.61. The zero-order chi connectivity index (χ0) is 10.7. The van der Waals surface area contributed by atoms with Crippen LogP contribution in [0, 0.1) is 0 Å². The summed E-state index contributed by atoms with van der Waals surface area (Å²) >= 11 is 0. The number of nitrogens with zero attached hydrogens (tertiary/aromatic N) is 3. The third kappa shape index (κ3) is 2.09. The molecule has 15 heavy (non-hydrogen) atoms. The van der Waals surface area contributed by atoms with Crippen molar-refractivity contribution in [3.63, 3.8) is 0 Å². The number of halogens is 1. The molecule has 0 radical (unpaired) electrons. The maximum atomic E-state index is 12.4. The fourth-order valence-corrected chi connectivity index (χ4v) is 1.79. The van der Waals surface area contributed by atoms with Crippen molar-refractivity contribution in [1.29, 1.82) is 0 Å². The molecule has 0 spiro atoms. The van der Waals surface area contributed by atoms with Crippen LogP contribution in [-0.4, -0.2) is 12.7 Å². The molecule has 0 unspecified atom stereocenters. The molecule has 1 N–H and O–H groups in total. The Kier molecular flexibility index (Phi) is 2.85. The van der Waals surface area contributed by atoms with Gasteiger partial charge in [-0.05, 0) is 29.1 Å². The summed E-state index contributed by atoms with van der Waals surface area (Å²) in [5.74, 6) is 0. The van der Waals surface area contributed by atoms with Gasteiger partial charge in [-0.15, -0.1) is 0 Å². The van der Waals surface area contributed by atoms with Gasteiger partial charge in [0.1, 0.15) is 6.67 Å².